The van der Waals surface area contributed by atoms with Crippen molar-refractivity contribution >= 4 is 17.2 Å². The molecule has 0 saturated carbocycles. The molecule has 6 nitrogen and oxygen atoms in total. The molecule has 3 heterocycles. The Labute approximate surface area is 146 Å². The van der Waals surface area contributed by atoms with Crippen LogP contribution in [0.2, 0.25) is 0 Å². The number of imidazole rings is 1. The molecule has 0 aliphatic carbocycles. The van der Waals surface area contributed by atoms with Crippen LogP contribution in [-0.2, 0) is 29.2 Å². The number of likely N-dealkylation sites (N-methyl/N-ethyl adjacent to an activating group) is 1. The summed E-state index contributed by atoms with van der Waals surface area (Å²) in [5, 5.41) is 2.12. The number of hydrogen-bond acceptors (Lipinski definition) is 5. The lowest BCUT2D eigenvalue weighted by Crippen LogP contribution is -2.37. The highest BCUT2D eigenvalue weighted by Crippen LogP contribution is 2.27. The molecule has 7 heteroatoms. The average Bonchev–Trinajstić information content (AvgIpc) is 3.20. The first-order valence-electron chi connectivity index (χ1n) is 8.15. The van der Waals surface area contributed by atoms with Crippen LogP contribution in [-0.4, -0.2) is 52.5 Å². The van der Waals surface area contributed by atoms with E-state index >= 15 is 0 Å². The van der Waals surface area contributed by atoms with Crippen LogP contribution in [0, 0.1) is 0 Å². The molecule has 0 fully saturated rings. The fraction of sp³-hybridized carbons (Fsp3) is 0.529. The van der Waals surface area contributed by atoms with Crippen molar-refractivity contribution < 1.29 is 9.53 Å². The summed E-state index contributed by atoms with van der Waals surface area (Å²) in [5.41, 5.74) is 1.04. The van der Waals surface area contributed by atoms with Crippen LogP contribution in [0.15, 0.2) is 23.7 Å². The van der Waals surface area contributed by atoms with Crippen LogP contribution < -0.4 is 0 Å². The SMILES string of the molecule is C[C@H]1c2ncc(COCC(=O)N(C)C)n2CCN1Cc1cccs1. The van der Waals surface area contributed by atoms with Gasteiger partial charge in [0.05, 0.1) is 24.5 Å². The number of aromatic nitrogens is 2. The topological polar surface area (TPSA) is 50.6 Å². The van der Waals surface area contributed by atoms with E-state index in [1.807, 2.05) is 6.20 Å². The zero-order valence-corrected chi connectivity index (χ0v) is 15.3. The number of nitrogens with zero attached hydrogens (tertiary/aromatic N) is 4. The minimum absolute atomic E-state index is 0.0242. The molecule has 1 aliphatic heterocycles. The third-order valence-electron chi connectivity index (χ3n) is 4.41. The molecule has 24 heavy (non-hydrogen) atoms. The first-order chi connectivity index (χ1) is 11.6. The maximum atomic E-state index is 11.6. The number of carbonyl (C=O) groups is 1. The molecule has 130 valence electrons. The number of thiophene rings is 1. The Morgan fingerprint density at radius 2 is 2.29 bits per heavy atom. The van der Waals surface area contributed by atoms with Crippen molar-refractivity contribution in [2.24, 2.45) is 0 Å². The number of ether oxygens (including phenoxy) is 1. The Balaban J connectivity index is 1.61. The van der Waals surface area contributed by atoms with Gasteiger partial charge in [0.15, 0.2) is 0 Å². The minimum atomic E-state index is -0.0242. The third kappa shape index (κ3) is 3.68. The Morgan fingerprint density at radius 3 is 3.00 bits per heavy atom. The number of hydrogen-bond donors (Lipinski definition) is 0. The van der Waals surface area contributed by atoms with Crippen molar-refractivity contribution in [2.45, 2.75) is 32.7 Å². The van der Waals surface area contributed by atoms with Crippen molar-refractivity contribution in [3.63, 3.8) is 0 Å². The Morgan fingerprint density at radius 1 is 1.46 bits per heavy atom. The van der Waals surface area contributed by atoms with Crippen LogP contribution in [0.5, 0.6) is 0 Å². The smallest absolute Gasteiger partial charge is 0.248 e. The summed E-state index contributed by atoms with van der Waals surface area (Å²) in [6.45, 7) is 5.59. The molecule has 1 amide bonds. The van der Waals surface area contributed by atoms with Crippen LogP contribution in [0.3, 0.4) is 0 Å². The Hall–Kier alpha value is -1.70. The molecule has 1 atom stereocenters. The summed E-state index contributed by atoms with van der Waals surface area (Å²) < 4.78 is 7.78. The van der Waals surface area contributed by atoms with Crippen LogP contribution in [0.25, 0.3) is 0 Å². The highest BCUT2D eigenvalue weighted by Gasteiger charge is 2.27. The maximum absolute atomic E-state index is 11.6. The first-order valence-corrected chi connectivity index (χ1v) is 9.03. The lowest BCUT2D eigenvalue weighted by Gasteiger charge is -2.34. The van der Waals surface area contributed by atoms with E-state index in [4.69, 9.17) is 4.74 Å². The Kier molecular flexibility index (Phi) is 5.33. The molecule has 3 rings (SSSR count). The van der Waals surface area contributed by atoms with Crippen molar-refractivity contribution in [1.29, 1.82) is 0 Å². The fourth-order valence-electron chi connectivity index (χ4n) is 2.91. The van der Waals surface area contributed by atoms with Gasteiger partial charge in [-0.15, -0.1) is 11.3 Å². The second-order valence-corrected chi connectivity index (χ2v) is 7.30. The van der Waals surface area contributed by atoms with E-state index in [0.717, 1.165) is 31.2 Å². The second-order valence-electron chi connectivity index (χ2n) is 6.27. The van der Waals surface area contributed by atoms with Gasteiger partial charge in [-0.05, 0) is 18.4 Å². The normalized spacial score (nSPS) is 17.7. The van der Waals surface area contributed by atoms with E-state index in [2.05, 4.69) is 38.9 Å². The zero-order valence-electron chi connectivity index (χ0n) is 14.4. The molecular formula is C17H24N4O2S. The lowest BCUT2D eigenvalue weighted by molar-refractivity contribution is -0.134. The molecular weight excluding hydrogens is 324 g/mol. The molecule has 1 aliphatic rings. The second kappa shape index (κ2) is 7.46. The van der Waals surface area contributed by atoms with Crippen molar-refractivity contribution in [3.8, 4) is 0 Å². The maximum Gasteiger partial charge on any atom is 0.248 e. The number of amides is 1. The van der Waals surface area contributed by atoms with Gasteiger partial charge >= 0.3 is 0 Å². The number of carbonyl (C=O) groups excluding carboxylic acids is 1. The van der Waals surface area contributed by atoms with Crippen LogP contribution in [0.1, 0.15) is 29.4 Å². The van der Waals surface area contributed by atoms with E-state index in [1.165, 1.54) is 9.78 Å². The van der Waals surface area contributed by atoms with Crippen molar-refractivity contribution in [3.05, 3.63) is 40.1 Å². The van der Waals surface area contributed by atoms with Gasteiger partial charge in [-0.1, -0.05) is 6.07 Å². The van der Waals surface area contributed by atoms with E-state index < -0.39 is 0 Å². The summed E-state index contributed by atoms with van der Waals surface area (Å²) in [7, 11) is 3.46. The zero-order chi connectivity index (χ0) is 17.1. The summed E-state index contributed by atoms with van der Waals surface area (Å²) in [4.78, 5) is 21.6. The van der Waals surface area contributed by atoms with Gasteiger partial charge < -0.3 is 14.2 Å². The lowest BCUT2D eigenvalue weighted by atomic mass is 10.2. The Bertz CT molecular complexity index is 681. The highest BCUT2D eigenvalue weighted by atomic mass is 32.1. The number of fused-ring (bicyclic) bond motifs is 1. The van der Waals surface area contributed by atoms with Crippen LogP contribution in [0.4, 0.5) is 0 Å². The van der Waals surface area contributed by atoms with Crippen molar-refractivity contribution in [2.75, 3.05) is 27.2 Å². The van der Waals surface area contributed by atoms with Gasteiger partial charge in [0.1, 0.15) is 12.4 Å². The fourth-order valence-corrected chi connectivity index (χ4v) is 3.64. The molecule has 2 aromatic heterocycles. The van der Waals surface area contributed by atoms with Gasteiger partial charge in [-0.3, -0.25) is 9.69 Å². The number of rotatable bonds is 6. The van der Waals surface area contributed by atoms with Gasteiger partial charge in [0.2, 0.25) is 5.91 Å². The standard InChI is InChI=1S/C17H24N4O2S/c1-13-17-18-9-14(11-23-12-16(22)19(2)3)21(17)7-6-20(13)10-15-5-4-8-24-15/h4-5,8-9,13H,6-7,10-12H2,1-3H3/t13-/m0/s1. The summed E-state index contributed by atoms with van der Waals surface area (Å²) in [6.07, 6.45) is 1.88. The highest BCUT2D eigenvalue weighted by molar-refractivity contribution is 7.09. The third-order valence-corrected chi connectivity index (χ3v) is 5.28. The van der Waals surface area contributed by atoms with E-state index in [-0.39, 0.29) is 18.6 Å². The first kappa shape index (κ1) is 17.1. The molecule has 0 saturated heterocycles. The van der Waals surface area contributed by atoms with Gasteiger partial charge in [-0.2, -0.15) is 0 Å². The van der Waals surface area contributed by atoms with Crippen molar-refractivity contribution in [1.82, 2.24) is 19.4 Å². The largest absolute Gasteiger partial charge is 0.365 e. The molecule has 0 N–H and O–H groups in total. The van der Waals surface area contributed by atoms with E-state index in [0.29, 0.717) is 6.61 Å². The monoisotopic (exact) mass is 348 g/mol. The van der Waals surface area contributed by atoms with Gasteiger partial charge in [-0.25, -0.2) is 4.98 Å². The van der Waals surface area contributed by atoms with E-state index in [1.54, 1.807) is 25.4 Å². The van der Waals surface area contributed by atoms with Crippen LogP contribution >= 0.6 is 11.3 Å². The predicted octanol–water partition coefficient (Wildman–Crippen LogP) is 2.13. The molecule has 0 radical (unpaired) electrons. The summed E-state index contributed by atoms with van der Waals surface area (Å²) in [5.74, 6) is 1.05. The average molecular weight is 348 g/mol. The quantitative estimate of drug-likeness (QED) is 0.802. The molecule has 0 spiro atoms. The molecule has 0 unspecified atom stereocenters. The van der Waals surface area contributed by atoms with Gasteiger partial charge in [0.25, 0.3) is 0 Å². The molecule has 2 aromatic rings. The summed E-state index contributed by atoms with van der Waals surface area (Å²) >= 11 is 1.80. The summed E-state index contributed by atoms with van der Waals surface area (Å²) in [6, 6.07) is 4.55. The van der Waals surface area contributed by atoms with E-state index in [9.17, 15) is 4.79 Å². The molecule has 0 aromatic carbocycles. The minimum Gasteiger partial charge on any atom is -0.365 e. The molecule has 0 bridgehead atoms. The predicted molar refractivity (Wildman–Crippen MR) is 93.7 cm³/mol. The van der Waals surface area contributed by atoms with Gasteiger partial charge in [0, 0.05) is 38.6 Å².